The average molecular weight is 229 g/mol. The number of ether oxygens (including phenoxy) is 1. The first kappa shape index (κ1) is 10.5. The predicted molar refractivity (Wildman–Crippen MR) is 67.2 cm³/mol. The van der Waals surface area contributed by atoms with Crippen LogP contribution < -0.4 is 4.90 Å². The molecule has 0 bridgehead atoms. The zero-order valence-electron chi connectivity index (χ0n) is 9.67. The van der Waals surface area contributed by atoms with Crippen molar-refractivity contribution >= 4 is 16.7 Å². The molecule has 0 radical (unpaired) electrons. The smallest absolute Gasteiger partial charge is 0.139 e. The van der Waals surface area contributed by atoms with Crippen LogP contribution in [0.15, 0.2) is 30.6 Å². The lowest BCUT2D eigenvalue weighted by molar-refractivity contribution is 0.152. The summed E-state index contributed by atoms with van der Waals surface area (Å²) in [5.41, 5.74) is 1.00. The van der Waals surface area contributed by atoms with Crippen molar-refractivity contribution in [3.05, 3.63) is 30.6 Å². The molecular weight excluding hydrogens is 214 g/mol. The van der Waals surface area contributed by atoms with Crippen LogP contribution in [0.1, 0.15) is 6.42 Å². The fraction of sp³-hybridized carbons (Fsp3) is 0.385. The van der Waals surface area contributed by atoms with E-state index in [9.17, 15) is 0 Å². The van der Waals surface area contributed by atoms with Gasteiger partial charge in [0.2, 0.25) is 0 Å². The zero-order chi connectivity index (χ0) is 11.5. The van der Waals surface area contributed by atoms with Gasteiger partial charge in [-0.25, -0.2) is 9.97 Å². The number of aromatic nitrogens is 2. The first-order valence-electron chi connectivity index (χ1n) is 5.97. The van der Waals surface area contributed by atoms with Crippen LogP contribution in [0.25, 0.3) is 10.9 Å². The molecule has 88 valence electrons. The number of rotatable bonds is 1. The first-order chi connectivity index (χ1) is 8.45. The maximum atomic E-state index is 5.47. The van der Waals surface area contributed by atoms with Gasteiger partial charge in [-0.2, -0.15) is 0 Å². The summed E-state index contributed by atoms with van der Waals surface area (Å²) in [6.45, 7) is 3.53. The molecule has 0 amide bonds. The van der Waals surface area contributed by atoms with E-state index in [1.54, 1.807) is 6.33 Å². The van der Waals surface area contributed by atoms with E-state index < -0.39 is 0 Å². The molecule has 1 aromatic carbocycles. The first-order valence-corrected chi connectivity index (χ1v) is 5.97. The van der Waals surface area contributed by atoms with E-state index in [4.69, 9.17) is 4.74 Å². The number of nitrogens with zero attached hydrogens (tertiary/aromatic N) is 3. The van der Waals surface area contributed by atoms with E-state index in [1.165, 1.54) is 0 Å². The average Bonchev–Trinajstić information content (AvgIpc) is 2.67. The largest absolute Gasteiger partial charge is 0.380 e. The Kier molecular flexibility index (Phi) is 2.88. The Bertz CT molecular complexity index is 501. The van der Waals surface area contributed by atoms with E-state index in [0.717, 1.165) is 49.4 Å². The maximum absolute atomic E-state index is 5.47. The zero-order valence-corrected chi connectivity index (χ0v) is 9.67. The molecule has 1 fully saturated rings. The molecule has 0 unspecified atom stereocenters. The Morgan fingerprint density at radius 1 is 1.06 bits per heavy atom. The highest BCUT2D eigenvalue weighted by molar-refractivity contribution is 5.89. The lowest BCUT2D eigenvalue weighted by atomic mass is 10.2. The van der Waals surface area contributed by atoms with Gasteiger partial charge in [0.15, 0.2) is 0 Å². The SMILES string of the molecule is c1ccc2c(N3CCCOCC3)ncnc2c1. The van der Waals surface area contributed by atoms with E-state index in [2.05, 4.69) is 20.9 Å². The Morgan fingerprint density at radius 2 is 2.00 bits per heavy atom. The van der Waals surface area contributed by atoms with Crippen LogP contribution in [0.3, 0.4) is 0 Å². The van der Waals surface area contributed by atoms with Gasteiger partial charge in [-0.1, -0.05) is 12.1 Å². The van der Waals surface area contributed by atoms with Crippen LogP contribution in [0.5, 0.6) is 0 Å². The van der Waals surface area contributed by atoms with Crippen molar-refractivity contribution in [3.8, 4) is 0 Å². The van der Waals surface area contributed by atoms with Crippen molar-refractivity contribution in [2.45, 2.75) is 6.42 Å². The van der Waals surface area contributed by atoms with E-state index in [0.29, 0.717) is 0 Å². The van der Waals surface area contributed by atoms with Gasteiger partial charge in [0.1, 0.15) is 12.1 Å². The quantitative estimate of drug-likeness (QED) is 0.748. The van der Waals surface area contributed by atoms with Gasteiger partial charge in [0.25, 0.3) is 0 Å². The maximum Gasteiger partial charge on any atom is 0.139 e. The van der Waals surface area contributed by atoms with Crippen molar-refractivity contribution in [1.82, 2.24) is 9.97 Å². The summed E-state index contributed by atoms with van der Waals surface area (Å²) in [4.78, 5) is 11.0. The second-order valence-electron chi connectivity index (χ2n) is 4.17. The van der Waals surface area contributed by atoms with Gasteiger partial charge in [-0.3, -0.25) is 0 Å². The molecular formula is C13H15N3O. The van der Waals surface area contributed by atoms with Crippen molar-refractivity contribution < 1.29 is 4.74 Å². The normalized spacial score (nSPS) is 17.1. The van der Waals surface area contributed by atoms with Gasteiger partial charge >= 0.3 is 0 Å². The number of hydrogen-bond acceptors (Lipinski definition) is 4. The molecule has 2 aromatic rings. The Hall–Kier alpha value is -1.68. The highest BCUT2D eigenvalue weighted by Crippen LogP contribution is 2.23. The molecule has 1 aliphatic heterocycles. The van der Waals surface area contributed by atoms with Gasteiger partial charge in [-0.05, 0) is 18.6 Å². The molecule has 4 nitrogen and oxygen atoms in total. The molecule has 1 aromatic heterocycles. The van der Waals surface area contributed by atoms with Crippen LogP contribution >= 0.6 is 0 Å². The van der Waals surface area contributed by atoms with Crippen LogP contribution in [0.2, 0.25) is 0 Å². The molecule has 1 aliphatic rings. The Balaban J connectivity index is 2.03. The topological polar surface area (TPSA) is 38.2 Å². The minimum absolute atomic E-state index is 0.776. The van der Waals surface area contributed by atoms with Crippen LogP contribution in [0.4, 0.5) is 5.82 Å². The number of benzene rings is 1. The second-order valence-corrected chi connectivity index (χ2v) is 4.17. The summed E-state index contributed by atoms with van der Waals surface area (Å²) < 4.78 is 5.47. The van der Waals surface area contributed by atoms with Gasteiger partial charge < -0.3 is 9.64 Å². The number of para-hydroxylation sites is 1. The fourth-order valence-electron chi connectivity index (χ4n) is 2.20. The Morgan fingerprint density at radius 3 is 3.00 bits per heavy atom. The number of fused-ring (bicyclic) bond motifs is 1. The fourth-order valence-corrected chi connectivity index (χ4v) is 2.20. The summed E-state index contributed by atoms with van der Waals surface area (Å²) in [7, 11) is 0. The number of hydrogen-bond donors (Lipinski definition) is 0. The van der Waals surface area contributed by atoms with E-state index >= 15 is 0 Å². The molecule has 3 rings (SSSR count). The van der Waals surface area contributed by atoms with E-state index in [-0.39, 0.29) is 0 Å². The highest BCUT2D eigenvalue weighted by Gasteiger charge is 2.13. The van der Waals surface area contributed by atoms with Crippen molar-refractivity contribution in [2.75, 3.05) is 31.2 Å². The molecule has 0 N–H and O–H groups in total. The van der Waals surface area contributed by atoms with Crippen molar-refractivity contribution in [3.63, 3.8) is 0 Å². The molecule has 0 atom stereocenters. The molecule has 2 heterocycles. The van der Waals surface area contributed by atoms with Gasteiger partial charge in [0, 0.05) is 25.1 Å². The summed E-state index contributed by atoms with van der Waals surface area (Å²) in [6, 6.07) is 8.14. The summed E-state index contributed by atoms with van der Waals surface area (Å²) in [5, 5.41) is 1.12. The monoisotopic (exact) mass is 229 g/mol. The van der Waals surface area contributed by atoms with E-state index in [1.807, 2.05) is 18.2 Å². The minimum atomic E-state index is 0.776. The third kappa shape index (κ3) is 2.08. The van der Waals surface area contributed by atoms with Gasteiger partial charge in [0.05, 0.1) is 12.1 Å². The van der Waals surface area contributed by atoms with Crippen LogP contribution in [0, 0.1) is 0 Å². The van der Waals surface area contributed by atoms with Crippen molar-refractivity contribution in [1.29, 1.82) is 0 Å². The lowest BCUT2D eigenvalue weighted by Crippen LogP contribution is -2.27. The molecule has 0 spiro atoms. The van der Waals surface area contributed by atoms with Crippen molar-refractivity contribution in [2.24, 2.45) is 0 Å². The molecule has 0 aliphatic carbocycles. The Labute approximate surface area is 100 Å². The van der Waals surface area contributed by atoms with Crippen LogP contribution in [-0.4, -0.2) is 36.3 Å². The standard InChI is InChI=1S/C13H15N3O/c1-2-5-12-11(4-1)13(15-10-14-12)16-6-3-8-17-9-7-16/h1-2,4-5,10H,3,6-9H2. The molecule has 0 saturated carbocycles. The highest BCUT2D eigenvalue weighted by atomic mass is 16.5. The summed E-state index contributed by atoms with van der Waals surface area (Å²) in [6.07, 6.45) is 2.70. The van der Waals surface area contributed by atoms with Crippen LogP contribution in [-0.2, 0) is 4.74 Å². The molecule has 4 heteroatoms. The third-order valence-corrected chi connectivity index (χ3v) is 3.04. The molecule has 17 heavy (non-hydrogen) atoms. The summed E-state index contributed by atoms with van der Waals surface area (Å²) >= 11 is 0. The lowest BCUT2D eigenvalue weighted by Gasteiger charge is -2.21. The predicted octanol–water partition coefficient (Wildman–Crippen LogP) is 1.86. The van der Waals surface area contributed by atoms with Gasteiger partial charge in [-0.15, -0.1) is 0 Å². The second kappa shape index (κ2) is 4.67. The molecule has 1 saturated heterocycles. The number of anilines is 1. The minimum Gasteiger partial charge on any atom is -0.380 e. The third-order valence-electron chi connectivity index (χ3n) is 3.04. The summed E-state index contributed by atoms with van der Waals surface area (Å²) in [5.74, 6) is 1.03.